The number of anilines is 1. The number of carbonyl (C=O) groups is 3. The molecule has 5 rings (SSSR count). The van der Waals surface area contributed by atoms with E-state index < -0.39 is 17.9 Å². The summed E-state index contributed by atoms with van der Waals surface area (Å²) in [5.41, 5.74) is 2.28. The van der Waals surface area contributed by atoms with Crippen LogP contribution >= 0.6 is 0 Å². The average molecular weight is 374 g/mol. The molecule has 0 bridgehead atoms. The van der Waals surface area contributed by atoms with Crippen LogP contribution in [0.2, 0.25) is 0 Å². The summed E-state index contributed by atoms with van der Waals surface area (Å²) in [4.78, 5) is 43.5. The van der Waals surface area contributed by atoms with E-state index in [4.69, 9.17) is 0 Å². The molecule has 5 heteroatoms. The molecule has 0 saturated carbocycles. The molecule has 0 aliphatic carbocycles. The van der Waals surface area contributed by atoms with Gasteiger partial charge in [-0.3, -0.25) is 19.3 Å². The third-order valence-electron chi connectivity index (χ3n) is 6.47. The second-order valence-corrected chi connectivity index (χ2v) is 8.02. The van der Waals surface area contributed by atoms with Crippen molar-refractivity contribution in [2.75, 3.05) is 11.4 Å². The summed E-state index contributed by atoms with van der Waals surface area (Å²) in [5.74, 6) is -1.45. The molecule has 5 nitrogen and oxygen atoms in total. The van der Waals surface area contributed by atoms with Gasteiger partial charge in [-0.1, -0.05) is 48.0 Å². The Balaban J connectivity index is 1.55. The summed E-state index contributed by atoms with van der Waals surface area (Å²) in [5, 5.41) is 0. The highest BCUT2D eigenvalue weighted by Gasteiger charge is 2.64. The minimum atomic E-state index is -0.591. The first-order chi connectivity index (χ1) is 13.6. The quantitative estimate of drug-likeness (QED) is 0.612. The molecule has 3 saturated heterocycles. The molecule has 28 heavy (non-hydrogen) atoms. The summed E-state index contributed by atoms with van der Waals surface area (Å²) in [6, 6.07) is 16.0. The molecular weight excluding hydrogens is 352 g/mol. The number of hydrogen-bond acceptors (Lipinski definition) is 4. The molecule has 0 radical (unpaired) electrons. The molecule has 3 fully saturated rings. The lowest BCUT2D eigenvalue weighted by Gasteiger charge is -2.27. The number of fused-ring (bicyclic) bond motifs is 3. The van der Waals surface area contributed by atoms with Crippen molar-refractivity contribution >= 4 is 23.3 Å². The van der Waals surface area contributed by atoms with Crippen molar-refractivity contribution in [2.45, 2.75) is 31.8 Å². The van der Waals surface area contributed by atoms with Crippen molar-refractivity contribution in [3.05, 3.63) is 65.7 Å². The number of aryl methyl sites for hydroxylation is 1. The highest BCUT2D eigenvalue weighted by molar-refractivity contribution is 6.24. The molecular formula is C23H22N2O3. The largest absolute Gasteiger partial charge is 0.292 e. The van der Waals surface area contributed by atoms with Crippen molar-refractivity contribution in [1.29, 1.82) is 0 Å². The Morgan fingerprint density at radius 3 is 2.32 bits per heavy atom. The number of benzene rings is 2. The monoisotopic (exact) mass is 374 g/mol. The topological polar surface area (TPSA) is 57.7 Å². The number of Topliss-reactive ketones (excluding diaryl/α,β-unsaturated/α-hetero) is 1. The Morgan fingerprint density at radius 2 is 1.61 bits per heavy atom. The van der Waals surface area contributed by atoms with Crippen LogP contribution in [0.25, 0.3) is 0 Å². The van der Waals surface area contributed by atoms with Crippen LogP contribution in [0.3, 0.4) is 0 Å². The van der Waals surface area contributed by atoms with Gasteiger partial charge >= 0.3 is 0 Å². The molecule has 0 unspecified atom stereocenters. The predicted molar refractivity (Wildman–Crippen MR) is 105 cm³/mol. The third kappa shape index (κ3) is 2.39. The summed E-state index contributed by atoms with van der Waals surface area (Å²) >= 11 is 0. The van der Waals surface area contributed by atoms with E-state index in [1.807, 2.05) is 49.4 Å². The lowest BCUT2D eigenvalue weighted by atomic mass is 9.85. The maximum atomic E-state index is 13.4. The number of nitrogens with zero attached hydrogens (tertiary/aromatic N) is 2. The normalized spacial score (nSPS) is 29.2. The van der Waals surface area contributed by atoms with Gasteiger partial charge in [-0.15, -0.1) is 0 Å². The van der Waals surface area contributed by atoms with Gasteiger partial charge in [-0.05, 0) is 38.4 Å². The number of carbonyl (C=O) groups excluding carboxylic acids is 3. The SMILES string of the molecule is Cc1ccc(N2C(=O)[C@@H]3[C@@H](C2=O)[C@@H]2CCCN2[C@@H]3C(=O)c2ccccc2)cc1. The molecule has 2 amide bonds. The first-order valence-electron chi connectivity index (χ1n) is 9.87. The molecule has 3 aliphatic rings. The first-order valence-corrected chi connectivity index (χ1v) is 9.87. The highest BCUT2D eigenvalue weighted by atomic mass is 16.2. The number of ketones is 1. The fourth-order valence-electron chi connectivity index (χ4n) is 5.24. The van der Waals surface area contributed by atoms with Gasteiger partial charge in [0.15, 0.2) is 5.78 Å². The van der Waals surface area contributed by atoms with Gasteiger partial charge in [0.25, 0.3) is 0 Å². The van der Waals surface area contributed by atoms with Crippen LogP contribution in [0.15, 0.2) is 54.6 Å². The van der Waals surface area contributed by atoms with Crippen molar-refractivity contribution in [1.82, 2.24) is 4.90 Å². The summed E-state index contributed by atoms with van der Waals surface area (Å²) in [6.45, 7) is 2.74. The molecule has 3 heterocycles. The molecule has 0 spiro atoms. The minimum absolute atomic E-state index is 0.0189. The summed E-state index contributed by atoms with van der Waals surface area (Å²) < 4.78 is 0. The van der Waals surface area contributed by atoms with E-state index in [1.54, 1.807) is 12.1 Å². The zero-order valence-electron chi connectivity index (χ0n) is 15.7. The van der Waals surface area contributed by atoms with Crippen LogP contribution in [-0.4, -0.2) is 41.1 Å². The van der Waals surface area contributed by atoms with Crippen LogP contribution in [0, 0.1) is 18.8 Å². The molecule has 0 aromatic heterocycles. The number of rotatable bonds is 3. The Kier molecular flexibility index (Phi) is 3.95. The Bertz CT molecular complexity index is 954. The standard InChI is InChI=1S/C23H22N2O3/c1-14-9-11-16(12-10-14)25-22(27)18-17-8-5-13-24(17)20(19(18)23(25)28)21(26)15-6-3-2-4-7-15/h2-4,6-7,9-12,17-20H,5,8,13H2,1H3/t17-,18-,19+,20-/m0/s1. The maximum absolute atomic E-state index is 13.4. The Morgan fingerprint density at radius 1 is 0.929 bits per heavy atom. The molecule has 2 aromatic carbocycles. The van der Waals surface area contributed by atoms with Gasteiger partial charge in [0, 0.05) is 11.6 Å². The van der Waals surface area contributed by atoms with Crippen molar-refractivity contribution in [3.63, 3.8) is 0 Å². The lowest BCUT2D eigenvalue weighted by molar-refractivity contribution is -0.123. The van der Waals surface area contributed by atoms with Gasteiger partial charge in [0.05, 0.1) is 23.6 Å². The van der Waals surface area contributed by atoms with E-state index in [-0.39, 0.29) is 23.6 Å². The van der Waals surface area contributed by atoms with Crippen molar-refractivity contribution in [2.24, 2.45) is 11.8 Å². The van der Waals surface area contributed by atoms with E-state index in [2.05, 4.69) is 4.90 Å². The fraction of sp³-hybridized carbons (Fsp3) is 0.348. The lowest BCUT2D eigenvalue weighted by Crippen LogP contribution is -2.46. The van der Waals surface area contributed by atoms with E-state index in [0.29, 0.717) is 11.3 Å². The summed E-state index contributed by atoms with van der Waals surface area (Å²) in [6.07, 6.45) is 1.82. The summed E-state index contributed by atoms with van der Waals surface area (Å²) in [7, 11) is 0. The zero-order chi connectivity index (χ0) is 19.4. The Hall–Kier alpha value is -2.79. The van der Waals surface area contributed by atoms with Crippen LogP contribution in [0.1, 0.15) is 28.8 Å². The van der Waals surface area contributed by atoms with Crippen LogP contribution < -0.4 is 4.90 Å². The van der Waals surface area contributed by atoms with Crippen LogP contribution in [-0.2, 0) is 9.59 Å². The van der Waals surface area contributed by atoms with E-state index in [0.717, 1.165) is 24.9 Å². The first kappa shape index (κ1) is 17.3. The zero-order valence-corrected chi connectivity index (χ0v) is 15.7. The predicted octanol–water partition coefficient (Wildman–Crippen LogP) is 2.83. The maximum Gasteiger partial charge on any atom is 0.239 e. The molecule has 2 aromatic rings. The van der Waals surface area contributed by atoms with Crippen molar-refractivity contribution < 1.29 is 14.4 Å². The van der Waals surface area contributed by atoms with Crippen molar-refractivity contribution in [3.8, 4) is 0 Å². The number of amides is 2. The molecule has 0 N–H and O–H groups in total. The molecule has 142 valence electrons. The molecule has 4 atom stereocenters. The van der Waals surface area contributed by atoms with Gasteiger partial charge in [0.2, 0.25) is 11.8 Å². The minimum Gasteiger partial charge on any atom is -0.292 e. The van der Waals surface area contributed by atoms with Gasteiger partial charge in [-0.2, -0.15) is 0 Å². The highest BCUT2D eigenvalue weighted by Crippen LogP contribution is 2.48. The van der Waals surface area contributed by atoms with Gasteiger partial charge in [-0.25, -0.2) is 4.90 Å². The van der Waals surface area contributed by atoms with Gasteiger partial charge in [0.1, 0.15) is 0 Å². The van der Waals surface area contributed by atoms with E-state index in [1.165, 1.54) is 4.90 Å². The number of imide groups is 1. The van der Waals surface area contributed by atoms with Crippen LogP contribution in [0.4, 0.5) is 5.69 Å². The fourth-order valence-corrected chi connectivity index (χ4v) is 5.24. The molecule has 3 aliphatic heterocycles. The second kappa shape index (κ2) is 6.38. The Labute approximate surface area is 163 Å². The van der Waals surface area contributed by atoms with Crippen LogP contribution in [0.5, 0.6) is 0 Å². The average Bonchev–Trinajstić information content (AvgIpc) is 3.35. The number of hydrogen-bond donors (Lipinski definition) is 0. The third-order valence-corrected chi connectivity index (χ3v) is 6.47. The van der Waals surface area contributed by atoms with E-state index in [9.17, 15) is 14.4 Å². The smallest absolute Gasteiger partial charge is 0.239 e. The van der Waals surface area contributed by atoms with E-state index >= 15 is 0 Å². The van der Waals surface area contributed by atoms with Gasteiger partial charge < -0.3 is 0 Å². The second-order valence-electron chi connectivity index (χ2n) is 8.02.